The number of allylic oxidation sites excluding steroid dienone is 3. The van der Waals surface area contributed by atoms with E-state index >= 15 is 0 Å². The highest BCUT2D eigenvalue weighted by molar-refractivity contribution is 5.96. The smallest absolute Gasteiger partial charge is 0.354 e. The Kier molecular flexibility index (Phi) is 6.47. The van der Waals surface area contributed by atoms with Crippen LogP contribution in [0.4, 0.5) is 10.3 Å². The van der Waals surface area contributed by atoms with Gasteiger partial charge in [-0.05, 0) is 17.7 Å². The Labute approximate surface area is 183 Å². The summed E-state index contributed by atoms with van der Waals surface area (Å²) in [6, 6.07) is 1.30. The van der Waals surface area contributed by atoms with Gasteiger partial charge in [0, 0.05) is 32.7 Å². The molecule has 0 spiro atoms. The van der Waals surface area contributed by atoms with Crippen molar-refractivity contribution in [1.82, 2.24) is 15.0 Å². The number of aromatic nitrogens is 3. The van der Waals surface area contributed by atoms with Gasteiger partial charge in [0.2, 0.25) is 5.95 Å². The van der Waals surface area contributed by atoms with Crippen molar-refractivity contribution in [2.75, 3.05) is 51.5 Å². The predicted octanol–water partition coefficient (Wildman–Crippen LogP) is 2.15. The molecule has 1 fully saturated rings. The lowest BCUT2D eigenvalue weighted by Gasteiger charge is -2.28. The number of hydrogen-bond donors (Lipinski definition) is 2. The standard InChI is InChI=1S/C21H23FN4O6/c1-30-6-7-32-16-11-15(20(28)29)23-19-17(12-8-13(22)10-14(27)9-12)24-21(25-18(16)19)26-2-4-31-5-3-26/h9-11,13,27H,2-8H2,1H3,(H,28,29). The third-order valence-electron chi connectivity index (χ3n) is 5.06. The van der Waals surface area contributed by atoms with Gasteiger partial charge in [-0.15, -0.1) is 0 Å². The maximum absolute atomic E-state index is 14.2. The second kappa shape index (κ2) is 9.45. The molecule has 2 N–H and O–H groups in total. The molecule has 1 saturated heterocycles. The van der Waals surface area contributed by atoms with Crippen molar-refractivity contribution in [3.05, 3.63) is 35.4 Å². The number of carboxylic acid groups (broad SMARTS) is 1. The van der Waals surface area contributed by atoms with Gasteiger partial charge in [-0.25, -0.2) is 24.1 Å². The van der Waals surface area contributed by atoms with Crippen molar-refractivity contribution in [2.24, 2.45) is 0 Å². The van der Waals surface area contributed by atoms with Crippen molar-refractivity contribution in [3.63, 3.8) is 0 Å². The van der Waals surface area contributed by atoms with Crippen LogP contribution >= 0.6 is 0 Å². The molecule has 1 unspecified atom stereocenters. The lowest BCUT2D eigenvalue weighted by atomic mass is 9.98. The van der Waals surface area contributed by atoms with E-state index in [1.807, 2.05) is 4.90 Å². The number of morpholine rings is 1. The van der Waals surface area contributed by atoms with E-state index < -0.39 is 12.1 Å². The first-order valence-corrected chi connectivity index (χ1v) is 10.1. The van der Waals surface area contributed by atoms with Crippen LogP contribution < -0.4 is 9.64 Å². The van der Waals surface area contributed by atoms with Crippen LogP contribution in [0.3, 0.4) is 0 Å². The van der Waals surface area contributed by atoms with E-state index in [4.69, 9.17) is 14.2 Å². The van der Waals surface area contributed by atoms with Crippen LogP contribution in [0.5, 0.6) is 5.75 Å². The van der Waals surface area contributed by atoms with Gasteiger partial charge in [0.1, 0.15) is 35.3 Å². The van der Waals surface area contributed by atoms with Crippen LogP contribution in [0, 0.1) is 0 Å². The van der Waals surface area contributed by atoms with E-state index in [2.05, 4.69) is 15.0 Å². The maximum atomic E-state index is 14.2. The molecule has 0 saturated carbocycles. The molecule has 2 aliphatic rings. The van der Waals surface area contributed by atoms with Gasteiger partial charge in [0.05, 0.1) is 25.5 Å². The fourth-order valence-electron chi connectivity index (χ4n) is 3.55. The predicted molar refractivity (Wildman–Crippen MR) is 113 cm³/mol. The van der Waals surface area contributed by atoms with Gasteiger partial charge in [-0.2, -0.15) is 0 Å². The van der Waals surface area contributed by atoms with Crippen LogP contribution in [-0.2, 0) is 9.47 Å². The Hall–Kier alpha value is -3.31. The number of aliphatic hydroxyl groups is 1. The molecular formula is C21H23FN4O6. The Morgan fingerprint density at radius 3 is 2.72 bits per heavy atom. The Morgan fingerprint density at radius 2 is 2.03 bits per heavy atom. The summed E-state index contributed by atoms with van der Waals surface area (Å²) in [5.41, 5.74) is 0.822. The van der Waals surface area contributed by atoms with Gasteiger partial charge >= 0.3 is 5.97 Å². The molecule has 2 aromatic heterocycles. The zero-order valence-electron chi connectivity index (χ0n) is 17.5. The minimum absolute atomic E-state index is 0.0441. The van der Waals surface area contributed by atoms with Crippen molar-refractivity contribution >= 4 is 28.5 Å². The summed E-state index contributed by atoms with van der Waals surface area (Å²) in [5, 5.41) is 19.5. The number of aliphatic hydroxyl groups excluding tert-OH is 1. The third-order valence-corrected chi connectivity index (χ3v) is 5.06. The summed E-state index contributed by atoms with van der Waals surface area (Å²) in [6.07, 6.45) is 1.05. The summed E-state index contributed by atoms with van der Waals surface area (Å²) >= 11 is 0. The molecule has 2 aromatic rings. The highest BCUT2D eigenvalue weighted by Crippen LogP contribution is 2.35. The number of carboxylic acids is 1. The molecule has 0 bridgehead atoms. The van der Waals surface area contributed by atoms with Crippen LogP contribution in [0.2, 0.25) is 0 Å². The number of halogens is 1. The fraction of sp³-hybridized carbons (Fsp3) is 0.429. The summed E-state index contributed by atoms with van der Waals surface area (Å²) in [4.78, 5) is 27.1. The number of methoxy groups -OCH3 is 1. The molecular weight excluding hydrogens is 423 g/mol. The number of aromatic carboxylic acids is 1. The number of carbonyl (C=O) groups is 1. The molecule has 3 heterocycles. The zero-order valence-corrected chi connectivity index (χ0v) is 17.5. The van der Waals surface area contributed by atoms with Crippen LogP contribution in [0.25, 0.3) is 16.6 Å². The Bertz CT molecular complexity index is 1080. The zero-order chi connectivity index (χ0) is 22.7. The van der Waals surface area contributed by atoms with E-state index in [9.17, 15) is 19.4 Å². The second-order valence-electron chi connectivity index (χ2n) is 7.30. The van der Waals surface area contributed by atoms with E-state index in [1.54, 1.807) is 0 Å². The first-order valence-electron chi connectivity index (χ1n) is 10.1. The topological polar surface area (TPSA) is 127 Å². The minimum Gasteiger partial charge on any atom is -0.508 e. The molecule has 1 aliphatic carbocycles. The minimum atomic E-state index is -1.41. The largest absolute Gasteiger partial charge is 0.508 e. The number of ether oxygens (including phenoxy) is 3. The van der Waals surface area contributed by atoms with Crippen molar-refractivity contribution < 1.29 is 33.6 Å². The van der Waals surface area contributed by atoms with Crippen LogP contribution in [0.15, 0.2) is 24.0 Å². The molecule has 11 heteroatoms. The summed E-state index contributed by atoms with van der Waals surface area (Å²) in [7, 11) is 1.52. The first kappa shape index (κ1) is 21.9. The Balaban J connectivity index is 1.93. The van der Waals surface area contributed by atoms with Gasteiger partial charge in [0.25, 0.3) is 0 Å². The number of alkyl halides is 1. The quantitative estimate of drug-likeness (QED) is 0.611. The summed E-state index contributed by atoms with van der Waals surface area (Å²) in [5.74, 6) is -0.918. The van der Waals surface area contributed by atoms with Crippen molar-refractivity contribution in [3.8, 4) is 5.75 Å². The van der Waals surface area contributed by atoms with Crippen LogP contribution in [0.1, 0.15) is 22.6 Å². The van der Waals surface area contributed by atoms with Gasteiger partial charge in [-0.1, -0.05) is 0 Å². The molecule has 0 amide bonds. The lowest BCUT2D eigenvalue weighted by Crippen LogP contribution is -2.37. The lowest BCUT2D eigenvalue weighted by molar-refractivity contribution is 0.0690. The van der Waals surface area contributed by atoms with Gasteiger partial charge in [-0.3, -0.25) is 0 Å². The molecule has 0 aromatic carbocycles. The van der Waals surface area contributed by atoms with Crippen LogP contribution in [-0.4, -0.2) is 83.9 Å². The van der Waals surface area contributed by atoms with Gasteiger partial charge < -0.3 is 29.3 Å². The highest BCUT2D eigenvalue weighted by Gasteiger charge is 2.25. The molecule has 10 nitrogen and oxygen atoms in total. The van der Waals surface area contributed by atoms with E-state index in [-0.39, 0.29) is 48.0 Å². The van der Waals surface area contributed by atoms with Crippen molar-refractivity contribution in [2.45, 2.75) is 12.6 Å². The molecule has 170 valence electrons. The number of rotatable bonds is 7. The number of fused-ring (bicyclic) bond motifs is 1. The Morgan fingerprint density at radius 1 is 1.25 bits per heavy atom. The summed E-state index contributed by atoms with van der Waals surface area (Å²) in [6.45, 7) is 2.57. The van der Waals surface area contributed by atoms with E-state index in [1.165, 1.54) is 19.3 Å². The normalized spacial score (nSPS) is 18.9. The number of pyridine rings is 1. The molecule has 4 rings (SSSR count). The summed E-state index contributed by atoms with van der Waals surface area (Å²) < 4.78 is 30.4. The SMILES string of the molecule is COCCOc1cc(C(=O)O)nc2c(C3=CC(O)=CC(F)C3)nc(N3CCOCC3)nc12. The second-order valence-corrected chi connectivity index (χ2v) is 7.30. The van der Waals surface area contributed by atoms with E-state index in [0.29, 0.717) is 43.3 Å². The average molecular weight is 446 g/mol. The third kappa shape index (κ3) is 4.63. The molecule has 1 atom stereocenters. The van der Waals surface area contributed by atoms with Crippen molar-refractivity contribution in [1.29, 1.82) is 0 Å². The highest BCUT2D eigenvalue weighted by atomic mass is 19.1. The molecule has 1 aliphatic heterocycles. The molecule has 32 heavy (non-hydrogen) atoms. The fourth-order valence-corrected chi connectivity index (χ4v) is 3.55. The number of hydrogen-bond acceptors (Lipinski definition) is 9. The molecule has 0 radical (unpaired) electrons. The first-order chi connectivity index (χ1) is 15.5. The van der Waals surface area contributed by atoms with Gasteiger partial charge in [0.15, 0.2) is 5.69 Å². The van der Waals surface area contributed by atoms with E-state index in [0.717, 1.165) is 6.08 Å². The number of anilines is 1. The monoisotopic (exact) mass is 446 g/mol. The average Bonchev–Trinajstić information content (AvgIpc) is 2.78. The maximum Gasteiger partial charge on any atom is 0.354 e. The number of nitrogens with zero attached hydrogens (tertiary/aromatic N) is 4.